The fourth-order valence-electron chi connectivity index (χ4n) is 13.6. The molecular formula is C77H133N11O30. The minimum absolute atomic E-state index is 0.0695. The molecule has 3 fully saturated rings. The highest BCUT2D eigenvalue weighted by Gasteiger charge is 2.49. The molecule has 118 heavy (non-hydrogen) atoms. The Kier molecular flexibility index (Phi) is 51.4. The molecule has 0 aliphatic carbocycles. The summed E-state index contributed by atoms with van der Waals surface area (Å²) >= 11 is 0. The molecule has 4 aliphatic heterocycles. The molecule has 3 saturated heterocycles. The van der Waals surface area contributed by atoms with Crippen LogP contribution in [-0.4, -0.2) is 339 Å². The predicted molar refractivity (Wildman–Crippen MR) is 416 cm³/mol. The van der Waals surface area contributed by atoms with Crippen molar-refractivity contribution in [1.29, 1.82) is 0 Å². The van der Waals surface area contributed by atoms with Crippen LogP contribution in [0, 0.1) is 11.3 Å². The highest BCUT2D eigenvalue weighted by atomic mass is 16.7. The first-order chi connectivity index (χ1) is 56.6. The van der Waals surface area contributed by atoms with E-state index >= 15 is 0 Å². The Morgan fingerprint density at radius 1 is 0.390 bits per heavy atom. The Hall–Kier alpha value is -7.14. The number of nitrogens with two attached hydrogens (primary N) is 1. The van der Waals surface area contributed by atoms with Crippen molar-refractivity contribution in [2.45, 2.75) is 267 Å². The van der Waals surface area contributed by atoms with Crippen molar-refractivity contribution in [1.82, 2.24) is 52.8 Å². The van der Waals surface area contributed by atoms with Crippen LogP contribution in [0.3, 0.4) is 0 Å². The van der Waals surface area contributed by atoms with Gasteiger partial charge in [-0.15, -0.1) is 0 Å². The quantitative estimate of drug-likeness (QED) is 0.0200. The van der Waals surface area contributed by atoms with Gasteiger partial charge in [0, 0.05) is 143 Å². The smallest absolute Gasteiger partial charge is 0.253 e. The summed E-state index contributed by atoms with van der Waals surface area (Å²) < 4.78 is 52.6. The first-order valence-corrected chi connectivity index (χ1v) is 41.3. The maximum absolute atomic E-state index is 13.8. The Labute approximate surface area is 688 Å². The fraction of sp³-hybridized carbons (Fsp3) is 0.818. The van der Waals surface area contributed by atoms with Gasteiger partial charge >= 0.3 is 0 Å². The van der Waals surface area contributed by atoms with E-state index in [9.17, 15) is 103 Å². The topological polar surface area (TPSA) is 608 Å². The summed E-state index contributed by atoms with van der Waals surface area (Å²) in [5.41, 5.74) is 4.93. The summed E-state index contributed by atoms with van der Waals surface area (Å²) in [6.45, 7) is 2.60. The number of rotatable bonds is 64. The molecule has 4 rings (SSSR count). The highest BCUT2D eigenvalue weighted by molar-refractivity contribution is 6.12. The number of ether oxygens (including phenoxy) is 9. The molecule has 0 aromatic carbocycles. The maximum atomic E-state index is 13.8. The summed E-state index contributed by atoms with van der Waals surface area (Å²) in [6.07, 6.45) is -3.29. The lowest BCUT2D eigenvalue weighted by Crippen LogP contribution is -2.64. The predicted octanol–water partition coefficient (Wildman–Crippen LogP) is -5.01. The molecule has 0 spiro atoms. The van der Waals surface area contributed by atoms with Crippen LogP contribution in [0.4, 0.5) is 0 Å². The highest BCUT2D eigenvalue weighted by Crippen LogP contribution is 2.35. The zero-order chi connectivity index (χ0) is 86.8. The van der Waals surface area contributed by atoms with Crippen LogP contribution in [-0.2, 0) is 100 Å². The number of hydrogen-bond acceptors (Lipinski definition) is 30. The third kappa shape index (κ3) is 39.6. The van der Waals surface area contributed by atoms with Crippen LogP contribution in [0.2, 0.25) is 0 Å². The van der Waals surface area contributed by atoms with Gasteiger partial charge in [-0.1, -0.05) is 44.9 Å². The number of carbonyl (C=O) groups excluding carboxylic acids is 12. The summed E-state index contributed by atoms with van der Waals surface area (Å²) in [4.78, 5) is 152. The zero-order valence-electron chi connectivity index (χ0n) is 68.4. The average molecular weight is 1690 g/mol. The van der Waals surface area contributed by atoms with Crippen molar-refractivity contribution < 1.29 is 146 Å². The SMILES string of the molecule is CC(=O)N[C@H]1[C@H](OCCCCC(=O)NCCCNC(=O)CCOCC(COCCC(=O)NCCCNC(=O)CCCCO[C@@H]2O[C@H](CO)[C@H](O)[C@H](O)[C@H]2NC(C)=O)(COCCC(=O)NCCCNC(=O)CCCCO[C@@H]2O[C@H](CO)[C@H](O)[C@H](O)[C@H]2NC(C)=O)C(CCCCCCCCCCN2C(=O)C=CC2=O)C(N)=O)O[C@H](CO)[C@H](O)[C@@H]1O. The lowest BCUT2D eigenvalue weighted by atomic mass is 9.73. The van der Waals surface area contributed by atoms with Crippen LogP contribution < -0.4 is 53.6 Å². The Morgan fingerprint density at radius 3 is 0.949 bits per heavy atom. The Morgan fingerprint density at radius 2 is 0.669 bits per heavy atom. The van der Waals surface area contributed by atoms with Gasteiger partial charge in [0.25, 0.3) is 11.8 Å². The molecule has 41 nitrogen and oxygen atoms in total. The second-order valence-corrected chi connectivity index (χ2v) is 29.9. The van der Waals surface area contributed by atoms with E-state index < -0.39 is 147 Å². The number of carbonyl (C=O) groups is 12. The van der Waals surface area contributed by atoms with Crippen molar-refractivity contribution in [3.63, 3.8) is 0 Å². The molecule has 1 unspecified atom stereocenters. The third-order valence-electron chi connectivity index (χ3n) is 20.2. The van der Waals surface area contributed by atoms with Crippen molar-refractivity contribution in [3.05, 3.63) is 12.2 Å². The van der Waals surface area contributed by atoms with E-state index in [1.165, 1.54) is 37.8 Å². The normalized spacial score (nSPS) is 24.0. The summed E-state index contributed by atoms with van der Waals surface area (Å²) in [7, 11) is 0. The van der Waals surface area contributed by atoms with Crippen molar-refractivity contribution in [2.75, 3.05) is 125 Å². The average Bonchev–Trinajstić information content (AvgIpc) is 1.77. The molecule has 0 saturated carbocycles. The van der Waals surface area contributed by atoms with E-state index in [0.29, 0.717) is 83.6 Å². The minimum Gasteiger partial charge on any atom is -0.394 e. The maximum Gasteiger partial charge on any atom is 0.253 e. The van der Waals surface area contributed by atoms with Crippen LogP contribution in [0.1, 0.15) is 175 Å². The van der Waals surface area contributed by atoms with Gasteiger partial charge in [-0.25, -0.2) is 0 Å². The number of nitrogens with zero attached hydrogens (tertiary/aromatic N) is 1. The van der Waals surface area contributed by atoms with Gasteiger partial charge in [0.2, 0.25) is 59.1 Å². The molecule has 12 amide bonds. The molecule has 0 aromatic heterocycles. The molecule has 41 heteroatoms. The van der Waals surface area contributed by atoms with Gasteiger partial charge in [0.05, 0.1) is 64.9 Å². The van der Waals surface area contributed by atoms with Crippen molar-refractivity contribution in [2.24, 2.45) is 17.1 Å². The molecule has 4 heterocycles. The van der Waals surface area contributed by atoms with Gasteiger partial charge in [-0.2, -0.15) is 0 Å². The van der Waals surface area contributed by atoms with Gasteiger partial charge < -0.3 is 142 Å². The third-order valence-corrected chi connectivity index (χ3v) is 20.2. The summed E-state index contributed by atoms with van der Waals surface area (Å²) in [6, 6.07) is -3.31. The first-order valence-electron chi connectivity index (χ1n) is 41.3. The number of nitrogens with one attached hydrogen (secondary N) is 9. The van der Waals surface area contributed by atoms with Crippen LogP contribution in [0.15, 0.2) is 12.2 Å². The number of primary amides is 1. The van der Waals surface area contributed by atoms with Gasteiger partial charge in [-0.05, 0) is 70.6 Å². The van der Waals surface area contributed by atoms with Gasteiger partial charge in [0.15, 0.2) is 18.9 Å². The second-order valence-electron chi connectivity index (χ2n) is 29.9. The van der Waals surface area contributed by atoms with E-state index in [1.807, 2.05) is 0 Å². The summed E-state index contributed by atoms with van der Waals surface area (Å²) in [5, 5.41) is 115. The molecule has 0 aromatic rings. The molecule has 0 bridgehead atoms. The molecule has 20 N–H and O–H groups in total. The van der Waals surface area contributed by atoms with Gasteiger partial charge in [0.1, 0.15) is 73.1 Å². The number of amides is 12. The standard InChI is InChI=1S/C77H133N11O30/c1-49(92)85-64-70(106)67(103)53(43-89)116-74(64)113-37-15-11-22-56(95)79-30-18-33-82-59(98)27-40-110-46-77(52(73(78)109)21-10-8-6-4-5-7-9-14-36-88-62(101)25-26-63(88)102,47-111-41-28-60(99)83-34-19-31-80-57(96)23-12-16-38-114-75-65(86-50(2)93)71(107)68(104)54(44-90)117-75)48-112-42-29-61(100)84-35-20-32-81-58(97)24-13-17-39-115-76-66(87-51(3)94)72(108)69(105)55(45-91)118-76/h25-26,52-55,64-72,74-76,89-91,103-108H,4-24,27-48H2,1-3H3,(H2,78,109)(H,79,95)(H,80,96)(H,81,97)(H,82,98)(H,83,99)(H,84,100)(H,85,92)(H,86,93)(H,87,94)/t52?,53-,54-,55-,64-,65-,66-,67+,68+,69+,70-,71-,72-,74-,75-,76-/m1/s1. The monoisotopic (exact) mass is 1690 g/mol. The Bertz CT molecular complexity index is 2790. The van der Waals surface area contributed by atoms with Crippen LogP contribution >= 0.6 is 0 Å². The molecule has 0 radical (unpaired) electrons. The van der Waals surface area contributed by atoms with E-state index in [2.05, 4.69) is 47.9 Å². The van der Waals surface area contributed by atoms with Gasteiger partial charge in [-0.3, -0.25) is 62.4 Å². The number of unbranched alkanes of at least 4 members (excludes halogenated alkanes) is 10. The molecule has 4 aliphatic rings. The molecule has 676 valence electrons. The molecular weight excluding hydrogens is 1560 g/mol. The lowest BCUT2D eigenvalue weighted by molar-refractivity contribution is -0.270. The second kappa shape index (κ2) is 58.8. The summed E-state index contributed by atoms with van der Waals surface area (Å²) in [5.74, 6) is -5.73. The van der Waals surface area contributed by atoms with Crippen molar-refractivity contribution >= 4 is 70.9 Å². The number of hydrogen-bond donors (Lipinski definition) is 19. The zero-order valence-corrected chi connectivity index (χ0v) is 68.4. The Balaban J connectivity index is 1.32. The fourth-order valence-corrected chi connectivity index (χ4v) is 13.6. The number of aliphatic hydroxyl groups is 9. The van der Waals surface area contributed by atoms with Crippen molar-refractivity contribution in [3.8, 4) is 0 Å². The number of imide groups is 1. The van der Waals surface area contributed by atoms with Crippen LogP contribution in [0.25, 0.3) is 0 Å². The minimum atomic E-state index is -1.47. The van der Waals surface area contributed by atoms with E-state index in [1.54, 1.807) is 0 Å². The number of aliphatic hydroxyl groups excluding tert-OH is 9. The van der Waals surface area contributed by atoms with E-state index in [-0.39, 0.29) is 191 Å². The first kappa shape index (κ1) is 103. The lowest BCUT2D eigenvalue weighted by Gasteiger charge is -2.42. The largest absolute Gasteiger partial charge is 0.394 e. The van der Waals surface area contributed by atoms with E-state index in [4.69, 9.17) is 48.4 Å². The van der Waals surface area contributed by atoms with Crippen LogP contribution in [0.5, 0.6) is 0 Å². The van der Waals surface area contributed by atoms with E-state index in [0.717, 1.165) is 32.1 Å². The molecule has 16 atom stereocenters.